The Bertz CT molecular complexity index is 246. The molecule has 0 amide bonds. The van der Waals surface area contributed by atoms with Crippen molar-refractivity contribution in [3.63, 3.8) is 0 Å². The van der Waals surface area contributed by atoms with Crippen LogP contribution >= 0.6 is 0 Å². The fourth-order valence-electron chi connectivity index (χ4n) is 4.21. The highest BCUT2D eigenvalue weighted by Gasteiger charge is 2.31. The number of hydrogen-bond acceptors (Lipinski definition) is 2. The van der Waals surface area contributed by atoms with E-state index >= 15 is 0 Å². The summed E-state index contributed by atoms with van der Waals surface area (Å²) in [5.41, 5.74) is 0. The average molecular weight is 266 g/mol. The van der Waals surface area contributed by atoms with Gasteiger partial charge in [-0.3, -0.25) is 4.90 Å². The summed E-state index contributed by atoms with van der Waals surface area (Å²) in [6.07, 6.45) is 10.00. The maximum absolute atomic E-state index is 3.58. The van der Waals surface area contributed by atoms with Crippen molar-refractivity contribution in [3.05, 3.63) is 0 Å². The summed E-state index contributed by atoms with van der Waals surface area (Å²) < 4.78 is 0. The van der Waals surface area contributed by atoms with Crippen LogP contribution in [-0.2, 0) is 0 Å². The van der Waals surface area contributed by atoms with Gasteiger partial charge in [0.1, 0.15) is 0 Å². The number of hydrogen-bond donors (Lipinski definition) is 1. The number of rotatable bonds is 5. The molecular formula is C17H34N2. The second-order valence-electron chi connectivity index (χ2n) is 7.02. The van der Waals surface area contributed by atoms with Crippen molar-refractivity contribution in [2.45, 2.75) is 77.8 Å². The van der Waals surface area contributed by atoms with Crippen LogP contribution in [0, 0.1) is 11.8 Å². The summed E-state index contributed by atoms with van der Waals surface area (Å²) in [5, 5.41) is 3.58. The molecule has 2 fully saturated rings. The fourth-order valence-corrected chi connectivity index (χ4v) is 4.21. The topological polar surface area (TPSA) is 15.3 Å². The normalized spacial score (nSPS) is 33.0. The van der Waals surface area contributed by atoms with Crippen LogP contribution < -0.4 is 5.32 Å². The summed E-state index contributed by atoms with van der Waals surface area (Å²) >= 11 is 0. The van der Waals surface area contributed by atoms with Gasteiger partial charge in [0, 0.05) is 18.6 Å². The third kappa shape index (κ3) is 4.19. The average Bonchev–Trinajstić information content (AvgIpc) is 2.45. The zero-order chi connectivity index (χ0) is 13.7. The molecule has 1 N–H and O–H groups in total. The number of nitrogens with zero attached hydrogens (tertiary/aromatic N) is 1. The molecule has 2 heteroatoms. The lowest BCUT2D eigenvalue weighted by atomic mass is 9.81. The van der Waals surface area contributed by atoms with Gasteiger partial charge in [-0.05, 0) is 64.5 Å². The highest BCUT2D eigenvalue weighted by Crippen LogP contribution is 2.32. The fraction of sp³-hybridized carbons (Fsp3) is 1.00. The molecule has 1 saturated carbocycles. The van der Waals surface area contributed by atoms with Crippen molar-refractivity contribution in [1.29, 1.82) is 0 Å². The molecule has 0 aromatic carbocycles. The zero-order valence-electron chi connectivity index (χ0n) is 13.3. The van der Waals surface area contributed by atoms with Gasteiger partial charge < -0.3 is 5.32 Å². The summed E-state index contributed by atoms with van der Waals surface area (Å²) in [5.74, 6) is 1.84. The molecule has 0 bridgehead atoms. The standard InChI is InChI=1S/C17H34N2/c1-4-16-9-5-6-10-17(16)19(14(2)3)13-15-8-7-11-18-12-15/h14-18H,4-13H2,1-3H3. The van der Waals surface area contributed by atoms with Crippen LogP contribution in [0.15, 0.2) is 0 Å². The van der Waals surface area contributed by atoms with Gasteiger partial charge in [-0.15, -0.1) is 0 Å². The third-order valence-electron chi connectivity index (χ3n) is 5.35. The Hall–Kier alpha value is -0.0800. The molecule has 19 heavy (non-hydrogen) atoms. The van der Waals surface area contributed by atoms with Gasteiger partial charge in [0.25, 0.3) is 0 Å². The Morgan fingerprint density at radius 2 is 1.89 bits per heavy atom. The van der Waals surface area contributed by atoms with E-state index in [9.17, 15) is 0 Å². The molecule has 1 aliphatic carbocycles. The minimum absolute atomic E-state index is 0.707. The number of piperidine rings is 1. The summed E-state index contributed by atoms with van der Waals surface area (Å²) in [6.45, 7) is 11.0. The van der Waals surface area contributed by atoms with Gasteiger partial charge in [0.2, 0.25) is 0 Å². The summed E-state index contributed by atoms with van der Waals surface area (Å²) in [7, 11) is 0. The molecule has 1 aliphatic heterocycles. The van der Waals surface area contributed by atoms with E-state index in [0.29, 0.717) is 6.04 Å². The van der Waals surface area contributed by atoms with Crippen molar-refractivity contribution in [3.8, 4) is 0 Å². The lowest BCUT2D eigenvalue weighted by Crippen LogP contribution is -2.50. The van der Waals surface area contributed by atoms with Gasteiger partial charge >= 0.3 is 0 Å². The molecule has 2 aliphatic rings. The smallest absolute Gasteiger partial charge is 0.0126 e. The Labute approximate surface area is 120 Å². The van der Waals surface area contributed by atoms with Gasteiger partial charge in [-0.1, -0.05) is 26.2 Å². The zero-order valence-corrected chi connectivity index (χ0v) is 13.3. The first-order valence-electron chi connectivity index (χ1n) is 8.68. The van der Waals surface area contributed by atoms with Crippen LogP contribution in [0.4, 0.5) is 0 Å². The van der Waals surface area contributed by atoms with Crippen molar-refractivity contribution >= 4 is 0 Å². The second-order valence-corrected chi connectivity index (χ2v) is 7.02. The quantitative estimate of drug-likeness (QED) is 0.817. The predicted molar refractivity (Wildman–Crippen MR) is 83.5 cm³/mol. The first-order chi connectivity index (χ1) is 9.22. The molecule has 0 spiro atoms. The van der Waals surface area contributed by atoms with Gasteiger partial charge in [0.15, 0.2) is 0 Å². The van der Waals surface area contributed by atoms with E-state index in [2.05, 4.69) is 31.0 Å². The van der Waals surface area contributed by atoms with E-state index in [1.165, 1.54) is 64.6 Å². The maximum atomic E-state index is 3.58. The molecule has 0 radical (unpaired) electrons. The van der Waals surface area contributed by atoms with Crippen molar-refractivity contribution in [1.82, 2.24) is 10.2 Å². The Kier molecular flexibility index (Phi) is 6.15. The van der Waals surface area contributed by atoms with Crippen LogP contribution in [0.25, 0.3) is 0 Å². The molecule has 3 unspecified atom stereocenters. The molecule has 2 nitrogen and oxygen atoms in total. The second kappa shape index (κ2) is 7.64. The van der Waals surface area contributed by atoms with E-state index in [1.54, 1.807) is 0 Å². The monoisotopic (exact) mass is 266 g/mol. The summed E-state index contributed by atoms with van der Waals surface area (Å²) in [6, 6.07) is 1.57. The van der Waals surface area contributed by atoms with Crippen LogP contribution in [0.5, 0.6) is 0 Å². The van der Waals surface area contributed by atoms with Crippen LogP contribution in [0.3, 0.4) is 0 Å². The number of nitrogens with one attached hydrogen (secondary N) is 1. The largest absolute Gasteiger partial charge is 0.316 e. The lowest BCUT2D eigenvalue weighted by Gasteiger charge is -2.44. The maximum Gasteiger partial charge on any atom is 0.0126 e. The van der Waals surface area contributed by atoms with Crippen LogP contribution in [-0.4, -0.2) is 36.6 Å². The molecule has 0 aromatic heterocycles. The van der Waals surface area contributed by atoms with Crippen molar-refractivity contribution < 1.29 is 0 Å². The van der Waals surface area contributed by atoms with Crippen LogP contribution in [0.1, 0.15) is 65.7 Å². The SMILES string of the molecule is CCC1CCCCC1N(CC1CCCNC1)C(C)C. The molecule has 112 valence electrons. The highest BCUT2D eigenvalue weighted by molar-refractivity contribution is 4.86. The van der Waals surface area contributed by atoms with Crippen molar-refractivity contribution in [2.24, 2.45) is 11.8 Å². The van der Waals surface area contributed by atoms with E-state index in [4.69, 9.17) is 0 Å². The summed E-state index contributed by atoms with van der Waals surface area (Å²) in [4.78, 5) is 2.85. The first-order valence-corrected chi connectivity index (χ1v) is 8.68. The van der Waals surface area contributed by atoms with E-state index in [-0.39, 0.29) is 0 Å². The Morgan fingerprint density at radius 3 is 2.53 bits per heavy atom. The minimum atomic E-state index is 0.707. The Morgan fingerprint density at radius 1 is 1.11 bits per heavy atom. The highest BCUT2D eigenvalue weighted by atomic mass is 15.2. The molecule has 0 aromatic rings. The van der Waals surface area contributed by atoms with E-state index in [0.717, 1.165) is 17.9 Å². The van der Waals surface area contributed by atoms with Gasteiger partial charge in [-0.25, -0.2) is 0 Å². The Balaban J connectivity index is 1.96. The first kappa shape index (κ1) is 15.3. The van der Waals surface area contributed by atoms with E-state index in [1.807, 2.05) is 0 Å². The van der Waals surface area contributed by atoms with Gasteiger partial charge in [-0.2, -0.15) is 0 Å². The predicted octanol–water partition coefficient (Wildman–Crippen LogP) is 3.67. The van der Waals surface area contributed by atoms with Gasteiger partial charge in [0.05, 0.1) is 0 Å². The van der Waals surface area contributed by atoms with Crippen LogP contribution in [0.2, 0.25) is 0 Å². The minimum Gasteiger partial charge on any atom is -0.316 e. The molecule has 1 saturated heterocycles. The molecule has 1 heterocycles. The molecular weight excluding hydrogens is 232 g/mol. The molecule has 3 atom stereocenters. The lowest BCUT2D eigenvalue weighted by molar-refractivity contribution is 0.0542. The van der Waals surface area contributed by atoms with E-state index < -0.39 is 0 Å². The third-order valence-corrected chi connectivity index (χ3v) is 5.35. The molecule has 2 rings (SSSR count). The van der Waals surface area contributed by atoms with Crippen molar-refractivity contribution in [2.75, 3.05) is 19.6 Å².